The van der Waals surface area contributed by atoms with Gasteiger partial charge in [0.25, 0.3) is 5.56 Å². The van der Waals surface area contributed by atoms with Crippen LogP contribution in [0.15, 0.2) is 47.3 Å². The second-order valence-electron chi connectivity index (χ2n) is 22.8. The number of carbonyl (C=O) groups is 11. The number of esters is 1. The van der Waals surface area contributed by atoms with Crippen molar-refractivity contribution in [2.24, 2.45) is 5.92 Å². The summed E-state index contributed by atoms with van der Waals surface area (Å²) >= 11 is 0. The number of aliphatic carboxylic acids is 1. The summed E-state index contributed by atoms with van der Waals surface area (Å²) < 4.78 is 22.1. The molecule has 0 bridgehead atoms. The number of benzene rings is 2. The monoisotopic (exact) mass is 1200 g/mol. The summed E-state index contributed by atoms with van der Waals surface area (Å²) in [6.07, 6.45) is 2.11. The predicted molar refractivity (Wildman–Crippen MR) is 310 cm³/mol. The number of amides is 7. The molecule has 4 aromatic rings. The Kier molecular flexibility index (Phi) is 21.3. The van der Waals surface area contributed by atoms with Crippen LogP contribution in [0.2, 0.25) is 0 Å². The fourth-order valence-electron chi connectivity index (χ4n) is 11.8. The normalized spacial score (nSPS) is 17.7. The summed E-state index contributed by atoms with van der Waals surface area (Å²) in [6, 6.07) is 10.2. The van der Waals surface area contributed by atoms with Gasteiger partial charge in [0.2, 0.25) is 41.4 Å². The zero-order chi connectivity index (χ0) is 62.7. The topological polar surface area (TPSA) is 339 Å². The average molecular weight is 1200 g/mol. The van der Waals surface area contributed by atoms with Gasteiger partial charge < -0.3 is 46.1 Å². The van der Waals surface area contributed by atoms with Crippen molar-refractivity contribution in [1.82, 2.24) is 45.9 Å². The van der Waals surface area contributed by atoms with E-state index in [1.54, 1.807) is 57.2 Å². The highest BCUT2D eigenvalue weighted by molar-refractivity contribution is 6.03. The van der Waals surface area contributed by atoms with Crippen molar-refractivity contribution in [3.05, 3.63) is 97.6 Å². The number of aromatic nitrogens is 2. The lowest BCUT2D eigenvalue weighted by molar-refractivity contribution is -0.172. The molecule has 1 unspecified atom stereocenters. The summed E-state index contributed by atoms with van der Waals surface area (Å²) in [5.41, 5.74) is 2.11. The highest BCUT2D eigenvalue weighted by Gasteiger charge is 2.46. The predicted octanol–water partition coefficient (Wildman–Crippen LogP) is 2.53. The van der Waals surface area contributed by atoms with Gasteiger partial charge in [0.15, 0.2) is 17.2 Å². The van der Waals surface area contributed by atoms with Crippen LogP contribution in [0.3, 0.4) is 0 Å². The maximum atomic E-state index is 15.4. The number of fused-ring (bicyclic) bond motifs is 5. The minimum atomic E-state index is -2.05. The van der Waals surface area contributed by atoms with Gasteiger partial charge in [-0.2, -0.15) is 0 Å². The van der Waals surface area contributed by atoms with Gasteiger partial charge in [-0.3, -0.25) is 62.5 Å². The highest BCUT2D eigenvalue weighted by atomic mass is 19.1. The molecule has 1 fully saturated rings. The van der Waals surface area contributed by atoms with E-state index in [2.05, 4.69) is 26.6 Å². The van der Waals surface area contributed by atoms with E-state index in [0.29, 0.717) is 77.6 Å². The van der Waals surface area contributed by atoms with Crippen LogP contribution in [0.1, 0.15) is 142 Å². The highest BCUT2D eigenvalue weighted by Crippen LogP contribution is 2.46. The first-order chi connectivity index (χ1) is 41.6. The summed E-state index contributed by atoms with van der Waals surface area (Å²) in [5, 5.41) is 35.2. The number of likely N-dealkylation sites (tertiary alicyclic amines) is 1. The fraction of sp³-hybridized carbons (Fsp3) is 0.500. The molecule has 0 saturated carbocycles. The number of Topliss-reactive ketones (excluding diaryl/α,β-unsaturated/α-hetero) is 2. The van der Waals surface area contributed by atoms with Crippen molar-refractivity contribution in [2.45, 2.75) is 148 Å². The second kappa shape index (κ2) is 28.7. The number of hydrogen-bond acceptors (Lipinski definition) is 16. The van der Waals surface area contributed by atoms with Gasteiger partial charge >= 0.3 is 11.9 Å². The van der Waals surface area contributed by atoms with Crippen molar-refractivity contribution in [3.63, 3.8) is 0 Å². The van der Waals surface area contributed by atoms with Gasteiger partial charge in [0.05, 0.1) is 60.7 Å². The Morgan fingerprint density at radius 2 is 1.55 bits per heavy atom. The Hall–Kier alpha value is -8.58. The van der Waals surface area contributed by atoms with E-state index in [1.807, 2.05) is 0 Å². The summed E-state index contributed by atoms with van der Waals surface area (Å²) in [5.74, 6) is -6.55. The number of rotatable bonds is 31. The van der Waals surface area contributed by atoms with E-state index in [-0.39, 0.29) is 138 Å². The average Bonchev–Trinajstić information content (AvgIpc) is 1.65. The Balaban J connectivity index is 0.764. The van der Waals surface area contributed by atoms with Crippen LogP contribution < -0.4 is 32.1 Å². The number of hydrogen-bond donors (Lipinski definition) is 7. The molecule has 5 heterocycles. The lowest BCUT2D eigenvalue weighted by atomic mass is 9.81. The Bertz CT molecular complexity index is 3460. The van der Waals surface area contributed by atoms with Crippen molar-refractivity contribution in [1.29, 1.82) is 0 Å². The van der Waals surface area contributed by atoms with Crippen LogP contribution in [0.4, 0.5) is 4.39 Å². The van der Waals surface area contributed by atoms with E-state index in [0.717, 1.165) is 11.1 Å². The standard InChI is InChI=1S/C62H74FN9O15/c1-4-62(86)42-28-47-58-40(31-72(47)60(84)41(42)34-87-61(62)85)57-44(18-17-39-36(3)43(63)29-46(69-58)56(39)57)67-51(77)15-11-22-64-50(76)21-19-48(74)45(27-37-12-7-5-8-13-37)68-52(78)20-16-38(73)30-66-53(79)32-70(33-55(81)82)25-23-65-49(75)14-9-6-10-24-71-54(80)26-35(2)59(71)83/h5,7-8,12-13,28-29,35,44-45,86H,4,6,9-11,14-27,30-34H2,1-3H3,(H,64,76)(H,65,75)(H,66,79)(H,67,77)(H,68,78)(H,81,82)/t35?,44-,45-,62-/m0/s1. The molecule has 87 heavy (non-hydrogen) atoms. The molecule has 7 N–H and O–H groups in total. The van der Waals surface area contributed by atoms with Crippen molar-refractivity contribution >= 4 is 75.8 Å². The van der Waals surface area contributed by atoms with Crippen LogP contribution in [-0.4, -0.2) is 146 Å². The zero-order valence-corrected chi connectivity index (χ0v) is 49.1. The first-order valence-electron chi connectivity index (χ1n) is 29.6. The van der Waals surface area contributed by atoms with Gasteiger partial charge in [0, 0.05) is 99.6 Å². The van der Waals surface area contributed by atoms with Crippen LogP contribution in [-0.2, 0) is 89.1 Å². The molecule has 0 radical (unpaired) electrons. The lowest BCUT2D eigenvalue weighted by Gasteiger charge is -2.31. The van der Waals surface area contributed by atoms with Crippen LogP contribution in [0.25, 0.3) is 22.3 Å². The van der Waals surface area contributed by atoms with Crippen molar-refractivity contribution in [3.8, 4) is 11.4 Å². The number of halogens is 1. The maximum absolute atomic E-state index is 15.4. The maximum Gasteiger partial charge on any atom is 0.343 e. The molecular weight excluding hydrogens is 1130 g/mol. The van der Waals surface area contributed by atoms with E-state index < -0.39 is 89.9 Å². The first-order valence-corrected chi connectivity index (χ1v) is 29.6. The molecule has 2 aromatic carbocycles. The van der Waals surface area contributed by atoms with Crippen LogP contribution >= 0.6 is 0 Å². The molecule has 1 saturated heterocycles. The van der Waals surface area contributed by atoms with Gasteiger partial charge in [0.1, 0.15) is 12.4 Å². The number of carboxylic acid groups (broad SMARTS) is 1. The van der Waals surface area contributed by atoms with Crippen molar-refractivity contribution < 1.29 is 72.1 Å². The molecule has 3 aliphatic heterocycles. The largest absolute Gasteiger partial charge is 0.480 e. The third-order valence-electron chi connectivity index (χ3n) is 16.6. The number of unbranched alkanes of at least 4 members (excludes halogenated alkanes) is 2. The molecule has 464 valence electrons. The van der Waals surface area contributed by atoms with E-state index in [4.69, 9.17) is 9.72 Å². The quantitative estimate of drug-likeness (QED) is 0.0190. The molecule has 25 heteroatoms. The number of carboxylic acids is 1. The Labute approximate surface area is 500 Å². The SMILES string of the molecule is CC[C@@]1(O)C(=O)OCc2c1cc1n(c2=O)Cc2c-1nc1cc(F)c(C)c3c1c2[C@@H](NC(=O)CCCNC(=O)CCC(=O)[C@H](Cc1ccccc1)NC(=O)CCC(=O)CNC(=O)CN(CCNC(=O)CCCCCN1C(=O)CC(C)C1=O)CC(=O)O)CC3. The number of aliphatic hydroxyl groups is 1. The van der Waals surface area contributed by atoms with Gasteiger partial charge in [-0.25, -0.2) is 14.2 Å². The number of ketones is 2. The molecule has 1 aliphatic carbocycles. The van der Waals surface area contributed by atoms with E-state index >= 15 is 4.39 Å². The number of pyridine rings is 2. The van der Waals surface area contributed by atoms with E-state index in [1.165, 1.54) is 20.4 Å². The van der Waals surface area contributed by atoms with Gasteiger partial charge in [-0.15, -0.1) is 0 Å². The molecule has 4 aliphatic rings. The summed E-state index contributed by atoms with van der Waals surface area (Å²) in [6.45, 7) is 3.84. The third-order valence-corrected chi connectivity index (χ3v) is 16.6. The van der Waals surface area contributed by atoms with Crippen LogP contribution in [0, 0.1) is 18.7 Å². The fourth-order valence-corrected chi connectivity index (χ4v) is 11.8. The zero-order valence-electron chi connectivity index (χ0n) is 49.1. The summed E-state index contributed by atoms with van der Waals surface area (Å²) in [7, 11) is 0. The Morgan fingerprint density at radius 1 is 0.828 bits per heavy atom. The molecule has 2 aromatic heterocycles. The molecule has 24 nitrogen and oxygen atoms in total. The number of carbonyl (C=O) groups excluding carboxylic acids is 10. The number of ether oxygens (including phenoxy) is 1. The third kappa shape index (κ3) is 15.5. The van der Waals surface area contributed by atoms with Crippen LogP contribution in [0.5, 0.6) is 0 Å². The number of nitrogens with one attached hydrogen (secondary N) is 5. The Morgan fingerprint density at radius 3 is 2.28 bits per heavy atom. The number of imide groups is 1. The first kappa shape index (κ1) is 64.4. The smallest absolute Gasteiger partial charge is 0.343 e. The van der Waals surface area contributed by atoms with Crippen molar-refractivity contribution in [2.75, 3.05) is 45.8 Å². The molecule has 0 spiro atoms. The van der Waals surface area contributed by atoms with E-state index in [9.17, 15) is 67.7 Å². The van der Waals surface area contributed by atoms with Gasteiger partial charge in [-0.1, -0.05) is 50.6 Å². The summed E-state index contributed by atoms with van der Waals surface area (Å²) in [4.78, 5) is 161. The minimum absolute atomic E-state index is 0.00601. The lowest BCUT2D eigenvalue weighted by Crippen LogP contribution is -2.44. The molecule has 4 atom stereocenters. The number of cyclic esters (lactones) is 1. The number of aryl methyl sites for hydroxylation is 1. The minimum Gasteiger partial charge on any atom is -0.480 e. The molecule has 8 rings (SSSR count). The van der Waals surface area contributed by atoms with Gasteiger partial charge in [-0.05, 0) is 80.2 Å². The number of nitrogens with zero attached hydrogens (tertiary/aromatic N) is 4. The second-order valence-corrected chi connectivity index (χ2v) is 22.8. The molecular formula is C62H74FN9O15. The molecule has 7 amide bonds.